The normalized spacial score (nSPS) is 14.0. The number of amides is 3. The number of carbonyl (C=O) groups excluding carboxylic acids is 4. The number of halogens is 1. The van der Waals surface area contributed by atoms with Gasteiger partial charge in [-0.2, -0.15) is 5.26 Å². The largest absolute Gasteiger partial charge is 0.493 e. The van der Waals surface area contributed by atoms with Crippen molar-refractivity contribution in [3.05, 3.63) is 57.5 Å². The first-order chi connectivity index (χ1) is 16.8. The molecule has 0 aliphatic carbocycles. The van der Waals surface area contributed by atoms with Crippen LogP contribution in [0.25, 0.3) is 6.08 Å². The molecule has 1 heterocycles. The number of benzene rings is 2. The molecule has 1 fully saturated rings. The lowest BCUT2D eigenvalue weighted by Gasteiger charge is -2.13. The molecule has 180 valence electrons. The van der Waals surface area contributed by atoms with Gasteiger partial charge in [-0.1, -0.05) is 17.7 Å². The van der Waals surface area contributed by atoms with E-state index in [0.29, 0.717) is 28.8 Å². The number of ether oxygens (including phenoxy) is 3. The topological polar surface area (TPSA) is 135 Å². The lowest BCUT2D eigenvalue weighted by atomic mass is 10.2. The summed E-state index contributed by atoms with van der Waals surface area (Å²) in [5.41, 5.74) is 0.853. The lowest BCUT2D eigenvalue weighted by Crippen LogP contribution is -2.36. The molecule has 1 aliphatic heterocycles. The third kappa shape index (κ3) is 6.11. The maximum Gasteiger partial charge on any atom is 0.339 e. The first-order valence-corrected chi connectivity index (χ1v) is 11.1. The lowest BCUT2D eigenvalue weighted by molar-refractivity contribution is -0.127. The van der Waals surface area contributed by atoms with Crippen LogP contribution >= 0.6 is 23.4 Å². The Balaban J connectivity index is 1.71. The molecule has 12 heteroatoms. The molecule has 0 radical (unpaired) electrons. The summed E-state index contributed by atoms with van der Waals surface area (Å²) < 4.78 is 15.1. The highest BCUT2D eigenvalue weighted by atomic mass is 35.5. The predicted molar refractivity (Wildman–Crippen MR) is 128 cm³/mol. The van der Waals surface area contributed by atoms with Crippen molar-refractivity contribution in [1.82, 2.24) is 4.90 Å². The maximum atomic E-state index is 12.8. The van der Waals surface area contributed by atoms with Crippen LogP contribution in [0.15, 0.2) is 41.3 Å². The molecule has 3 rings (SSSR count). The number of thioether (sulfide) groups is 1. The van der Waals surface area contributed by atoms with E-state index in [9.17, 15) is 19.2 Å². The highest BCUT2D eigenvalue weighted by Gasteiger charge is 2.36. The molecule has 1 N–H and O–H groups in total. The average Bonchev–Trinajstić information content (AvgIpc) is 3.10. The molecule has 0 spiro atoms. The fourth-order valence-electron chi connectivity index (χ4n) is 3.00. The summed E-state index contributed by atoms with van der Waals surface area (Å²) in [6.45, 7) is -0.681. The molecule has 1 aliphatic rings. The summed E-state index contributed by atoms with van der Waals surface area (Å²) >= 11 is 6.66. The number of nitrogens with one attached hydrogen (secondary N) is 1. The molecule has 35 heavy (non-hydrogen) atoms. The van der Waals surface area contributed by atoms with Gasteiger partial charge in [0.2, 0.25) is 5.91 Å². The van der Waals surface area contributed by atoms with Crippen LogP contribution < -0.4 is 14.8 Å². The van der Waals surface area contributed by atoms with Crippen molar-refractivity contribution >= 4 is 58.1 Å². The van der Waals surface area contributed by atoms with Gasteiger partial charge in [0.25, 0.3) is 11.1 Å². The molecular weight excluding hydrogens is 498 g/mol. The number of hydrogen-bond acceptors (Lipinski definition) is 9. The van der Waals surface area contributed by atoms with Crippen molar-refractivity contribution in [3.8, 4) is 17.6 Å². The minimum atomic E-state index is -0.677. The SMILES string of the molecule is COC(=O)c1cc(NC(=O)CN2C(=O)S/C(=C\c3ccc(OCC#N)c(OC)c3)C2=O)ccc1Cl. The van der Waals surface area contributed by atoms with Crippen molar-refractivity contribution in [1.29, 1.82) is 5.26 Å². The van der Waals surface area contributed by atoms with E-state index in [4.69, 9.17) is 26.3 Å². The average molecular weight is 516 g/mol. The Bertz CT molecular complexity index is 1270. The number of rotatable bonds is 8. The zero-order valence-corrected chi connectivity index (χ0v) is 20.1. The summed E-state index contributed by atoms with van der Waals surface area (Å²) in [5, 5.41) is 10.7. The highest BCUT2D eigenvalue weighted by molar-refractivity contribution is 8.18. The van der Waals surface area contributed by atoms with Gasteiger partial charge in [0.15, 0.2) is 18.1 Å². The van der Waals surface area contributed by atoms with Crippen LogP contribution in [0, 0.1) is 11.3 Å². The molecule has 0 bridgehead atoms. The van der Waals surface area contributed by atoms with Gasteiger partial charge < -0.3 is 19.5 Å². The van der Waals surface area contributed by atoms with Crippen molar-refractivity contribution in [2.75, 3.05) is 32.7 Å². The number of methoxy groups -OCH3 is 2. The molecule has 3 amide bonds. The number of esters is 1. The number of anilines is 1. The molecule has 2 aromatic carbocycles. The van der Waals surface area contributed by atoms with Gasteiger partial charge in [-0.3, -0.25) is 19.3 Å². The summed E-state index contributed by atoms with van der Waals surface area (Å²) in [7, 11) is 2.63. The van der Waals surface area contributed by atoms with E-state index in [0.717, 1.165) is 4.90 Å². The van der Waals surface area contributed by atoms with E-state index in [1.54, 1.807) is 18.2 Å². The van der Waals surface area contributed by atoms with Crippen molar-refractivity contribution in [2.45, 2.75) is 0 Å². The van der Waals surface area contributed by atoms with Gasteiger partial charge >= 0.3 is 5.97 Å². The monoisotopic (exact) mass is 515 g/mol. The van der Waals surface area contributed by atoms with Gasteiger partial charge in [0, 0.05) is 5.69 Å². The van der Waals surface area contributed by atoms with Gasteiger partial charge in [-0.05, 0) is 53.7 Å². The Hall–Kier alpha value is -4.01. The predicted octanol–water partition coefficient (Wildman–Crippen LogP) is 3.71. The standard InChI is InChI=1S/C23H18ClN3O7S/c1-32-18-9-13(3-6-17(18)34-8-7-25)10-19-21(29)27(23(31)35-19)12-20(28)26-14-4-5-16(24)15(11-14)22(30)33-2/h3-6,9-11H,8,12H2,1-2H3,(H,26,28)/b19-10-. The van der Waals surface area contributed by atoms with E-state index in [-0.39, 0.29) is 27.8 Å². The van der Waals surface area contributed by atoms with Crippen LogP contribution in [0.5, 0.6) is 11.5 Å². The Labute approximate surface area is 209 Å². The Kier molecular flexibility index (Phi) is 8.35. The van der Waals surface area contributed by atoms with E-state index in [2.05, 4.69) is 10.1 Å². The van der Waals surface area contributed by atoms with Crippen LogP contribution in [0.2, 0.25) is 5.02 Å². The minimum absolute atomic E-state index is 0.0561. The Morgan fingerprint density at radius 1 is 1.17 bits per heavy atom. The van der Waals surface area contributed by atoms with Gasteiger partial charge in [-0.25, -0.2) is 4.79 Å². The summed E-state index contributed by atoms with van der Waals surface area (Å²) in [4.78, 5) is 50.3. The smallest absolute Gasteiger partial charge is 0.339 e. The number of imide groups is 1. The van der Waals surface area contributed by atoms with E-state index >= 15 is 0 Å². The molecule has 10 nitrogen and oxygen atoms in total. The highest BCUT2D eigenvalue weighted by Crippen LogP contribution is 2.34. The van der Waals surface area contributed by atoms with Crippen molar-refractivity contribution in [2.24, 2.45) is 0 Å². The second kappa shape index (κ2) is 11.4. The van der Waals surface area contributed by atoms with E-state index in [1.165, 1.54) is 38.5 Å². The van der Waals surface area contributed by atoms with Crippen LogP contribution in [0.1, 0.15) is 15.9 Å². The van der Waals surface area contributed by atoms with Gasteiger partial charge in [-0.15, -0.1) is 0 Å². The number of carbonyl (C=O) groups is 4. The summed E-state index contributed by atoms with van der Waals surface area (Å²) in [6, 6.07) is 10.9. The van der Waals surface area contributed by atoms with Crippen molar-refractivity contribution in [3.63, 3.8) is 0 Å². The molecule has 2 aromatic rings. The molecule has 0 aromatic heterocycles. The molecular formula is C23H18ClN3O7S. The zero-order valence-electron chi connectivity index (χ0n) is 18.5. The first-order valence-electron chi connectivity index (χ1n) is 9.88. The van der Waals surface area contributed by atoms with Crippen molar-refractivity contribution < 1.29 is 33.4 Å². The second-order valence-corrected chi connectivity index (χ2v) is 8.26. The van der Waals surface area contributed by atoms with Gasteiger partial charge in [0.05, 0.1) is 29.7 Å². The van der Waals surface area contributed by atoms with Crippen LogP contribution in [-0.2, 0) is 14.3 Å². The molecule has 0 unspecified atom stereocenters. The van der Waals surface area contributed by atoms with Crippen LogP contribution in [0.3, 0.4) is 0 Å². The summed E-state index contributed by atoms with van der Waals surface area (Å²) in [6.07, 6.45) is 1.49. The zero-order chi connectivity index (χ0) is 25.5. The Morgan fingerprint density at radius 2 is 1.94 bits per heavy atom. The number of nitrogens with zero attached hydrogens (tertiary/aromatic N) is 2. The summed E-state index contributed by atoms with van der Waals surface area (Å²) in [5.74, 6) is -1.25. The molecule has 0 atom stereocenters. The van der Waals surface area contributed by atoms with E-state index < -0.39 is 29.6 Å². The third-order valence-electron chi connectivity index (χ3n) is 4.61. The molecule has 1 saturated heterocycles. The van der Waals surface area contributed by atoms with Crippen LogP contribution in [-0.4, -0.2) is 55.3 Å². The second-order valence-electron chi connectivity index (χ2n) is 6.86. The first kappa shape index (κ1) is 25.6. The van der Waals surface area contributed by atoms with E-state index in [1.807, 2.05) is 6.07 Å². The quantitative estimate of drug-likeness (QED) is 0.412. The van der Waals surface area contributed by atoms with Gasteiger partial charge in [0.1, 0.15) is 12.6 Å². The molecule has 0 saturated carbocycles. The number of hydrogen-bond donors (Lipinski definition) is 1. The fraction of sp³-hybridized carbons (Fsp3) is 0.174. The third-order valence-corrected chi connectivity index (χ3v) is 5.85. The maximum absolute atomic E-state index is 12.8. The van der Waals surface area contributed by atoms with Crippen LogP contribution in [0.4, 0.5) is 10.5 Å². The Morgan fingerprint density at radius 3 is 2.63 bits per heavy atom. The number of nitriles is 1. The minimum Gasteiger partial charge on any atom is -0.493 e. The fourth-order valence-corrected chi connectivity index (χ4v) is 4.04.